The van der Waals surface area contributed by atoms with Crippen LogP contribution in [0.3, 0.4) is 0 Å². The van der Waals surface area contributed by atoms with E-state index in [0.717, 1.165) is 12.5 Å². The van der Waals surface area contributed by atoms with Crippen molar-refractivity contribution >= 4 is 0 Å². The zero-order chi connectivity index (χ0) is 12.3. The van der Waals surface area contributed by atoms with Crippen molar-refractivity contribution in [3.63, 3.8) is 0 Å². The van der Waals surface area contributed by atoms with Crippen LogP contribution >= 0.6 is 0 Å². The van der Waals surface area contributed by atoms with E-state index < -0.39 is 0 Å². The fraction of sp³-hybridized carbons (Fsp3) is 0.769. The van der Waals surface area contributed by atoms with Crippen molar-refractivity contribution in [2.24, 2.45) is 13.0 Å². The van der Waals surface area contributed by atoms with Gasteiger partial charge in [-0.2, -0.15) is 0 Å². The smallest absolute Gasteiger partial charge is 0.122 e. The molecule has 0 aromatic carbocycles. The summed E-state index contributed by atoms with van der Waals surface area (Å²) >= 11 is 0. The van der Waals surface area contributed by atoms with E-state index in [1.165, 1.54) is 38.5 Å². The highest BCUT2D eigenvalue weighted by Crippen LogP contribution is 2.08. The van der Waals surface area contributed by atoms with Gasteiger partial charge in [0.1, 0.15) is 5.82 Å². The summed E-state index contributed by atoms with van der Waals surface area (Å²) in [5.41, 5.74) is 0. The minimum absolute atomic E-state index is 0.774. The highest BCUT2D eigenvalue weighted by molar-refractivity contribution is 4.91. The van der Waals surface area contributed by atoms with E-state index in [2.05, 4.69) is 40.2 Å². The van der Waals surface area contributed by atoms with Crippen LogP contribution < -0.4 is 0 Å². The molecule has 0 unspecified atom stereocenters. The molecule has 0 radical (unpaired) electrons. The van der Waals surface area contributed by atoms with Gasteiger partial charge in [0.05, 0.1) is 6.54 Å². The van der Waals surface area contributed by atoms with E-state index in [9.17, 15) is 0 Å². The van der Waals surface area contributed by atoms with Gasteiger partial charge in [-0.15, -0.1) is 0 Å². The lowest BCUT2D eigenvalue weighted by Crippen LogP contribution is -2.47. The van der Waals surface area contributed by atoms with Crippen LogP contribution in [0.25, 0.3) is 0 Å². The van der Waals surface area contributed by atoms with Crippen LogP contribution in [0.5, 0.6) is 0 Å². The van der Waals surface area contributed by atoms with Crippen LogP contribution in [0.15, 0.2) is 12.4 Å². The molecule has 1 aliphatic rings. The van der Waals surface area contributed by atoms with Crippen molar-refractivity contribution < 1.29 is 0 Å². The number of hydrogen-bond acceptors (Lipinski definition) is 3. The highest BCUT2D eigenvalue weighted by atomic mass is 15.3. The van der Waals surface area contributed by atoms with Gasteiger partial charge < -0.3 is 9.47 Å². The fourth-order valence-electron chi connectivity index (χ4n) is 2.40. The maximum absolute atomic E-state index is 4.38. The Labute approximate surface area is 104 Å². The van der Waals surface area contributed by atoms with Crippen LogP contribution in [-0.4, -0.2) is 52.1 Å². The molecule has 1 aromatic rings. The second-order valence-corrected chi connectivity index (χ2v) is 5.42. The quantitative estimate of drug-likeness (QED) is 0.785. The first-order valence-electron chi connectivity index (χ1n) is 6.56. The first-order valence-corrected chi connectivity index (χ1v) is 6.56. The Kier molecular flexibility index (Phi) is 4.18. The van der Waals surface area contributed by atoms with Gasteiger partial charge in [-0.1, -0.05) is 13.8 Å². The van der Waals surface area contributed by atoms with Crippen molar-refractivity contribution in [1.82, 2.24) is 19.4 Å². The van der Waals surface area contributed by atoms with Crippen LogP contribution in [0.2, 0.25) is 0 Å². The topological polar surface area (TPSA) is 24.3 Å². The molecule has 1 aromatic heterocycles. The predicted molar refractivity (Wildman–Crippen MR) is 69.8 cm³/mol. The van der Waals surface area contributed by atoms with Gasteiger partial charge in [-0.25, -0.2) is 4.98 Å². The number of rotatable bonds is 4. The summed E-state index contributed by atoms with van der Waals surface area (Å²) in [6.45, 7) is 11.5. The molecule has 0 bridgehead atoms. The molecule has 0 N–H and O–H groups in total. The molecule has 1 fully saturated rings. The summed E-state index contributed by atoms with van der Waals surface area (Å²) < 4.78 is 2.11. The molecule has 0 aliphatic carbocycles. The normalized spacial score (nSPS) is 19.1. The van der Waals surface area contributed by atoms with E-state index in [-0.39, 0.29) is 0 Å². The molecule has 0 spiro atoms. The maximum Gasteiger partial charge on any atom is 0.122 e. The summed E-state index contributed by atoms with van der Waals surface area (Å²) in [7, 11) is 2.07. The Bertz CT molecular complexity index is 337. The fourth-order valence-corrected chi connectivity index (χ4v) is 2.40. The molecule has 17 heavy (non-hydrogen) atoms. The monoisotopic (exact) mass is 236 g/mol. The van der Waals surface area contributed by atoms with Crippen molar-refractivity contribution in [2.45, 2.75) is 20.4 Å². The Balaban J connectivity index is 1.78. The zero-order valence-corrected chi connectivity index (χ0v) is 11.3. The van der Waals surface area contributed by atoms with Gasteiger partial charge in [0.25, 0.3) is 0 Å². The number of imidazole rings is 1. The van der Waals surface area contributed by atoms with Crippen LogP contribution in [0.1, 0.15) is 19.7 Å². The predicted octanol–water partition coefficient (Wildman–Crippen LogP) is 1.19. The molecule has 1 aliphatic heterocycles. The maximum atomic E-state index is 4.38. The van der Waals surface area contributed by atoms with Crippen LogP contribution in [0, 0.1) is 5.92 Å². The molecule has 0 saturated carbocycles. The van der Waals surface area contributed by atoms with Crippen LogP contribution in [0.4, 0.5) is 0 Å². The lowest BCUT2D eigenvalue weighted by atomic mass is 10.2. The number of hydrogen-bond donors (Lipinski definition) is 0. The molecule has 96 valence electrons. The van der Waals surface area contributed by atoms with Crippen LogP contribution in [-0.2, 0) is 13.6 Å². The summed E-state index contributed by atoms with van der Waals surface area (Å²) in [6, 6.07) is 0. The lowest BCUT2D eigenvalue weighted by molar-refractivity contribution is 0.115. The SMILES string of the molecule is CC(C)CN1CCN(Cc2nccn2C)CC1. The molecule has 4 nitrogen and oxygen atoms in total. The largest absolute Gasteiger partial charge is 0.337 e. The van der Waals surface area contributed by atoms with Gasteiger partial charge in [-0.3, -0.25) is 4.90 Å². The third kappa shape index (κ3) is 3.54. The molecule has 0 atom stereocenters. The second kappa shape index (κ2) is 5.65. The summed E-state index contributed by atoms with van der Waals surface area (Å²) in [6.07, 6.45) is 3.90. The Morgan fingerprint density at radius 2 is 1.82 bits per heavy atom. The molecular formula is C13H24N4. The summed E-state index contributed by atoms with van der Waals surface area (Å²) in [5.74, 6) is 1.94. The molecule has 2 heterocycles. The highest BCUT2D eigenvalue weighted by Gasteiger charge is 2.18. The average Bonchev–Trinajstić information content (AvgIpc) is 2.67. The molecule has 1 saturated heterocycles. The van der Waals surface area contributed by atoms with E-state index in [0.29, 0.717) is 0 Å². The summed E-state index contributed by atoms with van der Waals surface area (Å²) in [4.78, 5) is 9.45. The molecule has 4 heteroatoms. The Hall–Kier alpha value is -0.870. The van der Waals surface area contributed by atoms with E-state index >= 15 is 0 Å². The standard InChI is InChI=1S/C13H24N4/c1-12(2)10-16-6-8-17(9-7-16)11-13-14-4-5-15(13)3/h4-5,12H,6-11H2,1-3H3. The summed E-state index contributed by atoms with van der Waals surface area (Å²) in [5, 5.41) is 0. The van der Waals surface area contributed by atoms with Crippen molar-refractivity contribution in [3.05, 3.63) is 18.2 Å². The van der Waals surface area contributed by atoms with E-state index in [4.69, 9.17) is 0 Å². The first-order chi connectivity index (χ1) is 8.15. The average molecular weight is 236 g/mol. The lowest BCUT2D eigenvalue weighted by Gasteiger charge is -2.35. The van der Waals surface area contributed by atoms with Gasteiger partial charge in [-0.05, 0) is 5.92 Å². The van der Waals surface area contributed by atoms with E-state index in [1.807, 2.05) is 12.4 Å². The first kappa shape index (κ1) is 12.6. The third-order valence-corrected chi connectivity index (χ3v) is 3.37. The van der Waals surface area contributed by atoms with Crippen molar-refractivity contribution in [3.8, 4) is 0 Å². The minimum atomic E-state index is 0.774. The van der Waals surface area contributed by atoms with Crippen molar-refractivity contribution in [2.75, 3.05) is 32.7 Å². The number of aryl methyl sites for hydroxylation is 1. The van der Waals surface area contributed by atoms with Gasteiger partial charge in [0, 0.05) is 52.2 Å². The number of piperazine rings is 1. The molecule has 2 rings (SSSR count). The molecule has 0 amide bonds. The van der Waals surface area contributed by atoms with Crippen molar-refractivity contribution in [1.29, 1.82) is 0 Å². The Morgan fingerprint density at radius 1 is 1.18 bits per heavy atom. The van der Waals surface area contributed by atoms with Gasteiger partial charge >= 0.3 is 0 Å². The zero-order valence-electron chi connectivity index (χ0n) is 11.3. The second-order valence-electron chi connectivity index (χ2n) is 5.42. The van der Waals surface area contributed by atoms with Gasteiger partial charge in [0.15, 0.2) is 0 Å². The number of aromatic nitrogens is 2. The molecular weight excluding hydrogens is 212 g/mol. The Morgan fingerprint density at radius 3 is 2.35 bits per heavy atom. The minimum Gasteiger partial charge on any atom is -0.337 e. The number of nitrogens with zero attached hydrogens (tertiary/aromatic N) is 4. The third-order valence-electron chi connectivity index (χ3n) is 3.37. The van der Waals surface area contributed by atoms with Gasteiger partial charge in [0.2, 0.25) is 0 Å². The van der Waals surface area contributed by atoms with E-state index in [1.54, 1.807) is 0 Å².